The van der Waals surface area contributed by atoms with Crippen molar-refractivity contribution in [2.75, 3.05) is 31.2 Å². The lowest BCUT2D eigenvalue weighted by atomic mass is 10.1. The van der Waals surface area contributed by atoms with Gasteiger partial charge in [0, 0.05) is 34.7 Å². The Hall–Kier alpha value is -2.24. The van der Waals surface area contributed by atoms with Crippen molar-refractivity contribution in [1.82, 2.24) is 9.97 Å². The largest absolute Gasteiger partial charge is 0.378 e. The van der Waals surface area contributed by atoms with E-state index in [2.05, 4.69) is 14.9 Å². The Morgan fingerprint density at radius 2 is 1.88 bits per heavy atom. The smallest absolute Gasteiger partial charge is 0.134 e. The molecule has 24 heavy (non-hydrogen) atoms. The summed E-state index contributed by atoms with van der Waals surface area (Å²) in [6.45, 7) is 3.16. The van der Waals surface area contributed by atoms with Gasteiger partial charge in [-0.25, -0.2) is 14.4 Å². The van der Waals surface area contributed by atoms with Crippen molar-refractivity contribution in [3.05, 3.63) is 53.6 Å². The van der Waals surface area contributed by atoms with Crippen LogP contribution in [-0.4, -0.2) is 36.3 Å². The first-order valence-electron chi connectivity index (χ1n) is 7.75. The number of anilines is 1. The van der Waals surface area contributed by atoms with Gasteiger partial charge >= 0.3 is 0 Å². The monoisotopic (exact) mass is 343 g/mol. The number of fused-ring (bicyclic) bond motifs is 1. The first-order valence-corrected chi connectivity index (χ1v) is 8.13. The van der Waals surface area contributed by atoms with Gasteiger partial charge in [-0.1, -0.05) is 11.6 Å². The lowest BCUT2D eigenvalue weighted by molar-refractivity contribution is 0.122. The van der Waals surface area contributed by atoms with Gasteiger partial charge in [-0.05, 0) is 36.4 Å². The number of rotatable bonds is 2. The summed E-state index contributed by atoms with van der Waals surface area (Å²) >= 11 is 5.84. The normalized spacial score (nSPS) is 15.0. The van der Waals surface area contributed by atoms with Gasteiger partial charge in [0.05, 0.1) is 24.4 Å². The van der Waals surface area contributed by atoms with Crippen molar-refractivity contribution in [1.29, 1.82) is 0 Å². The molecule has 2 heterocycles. The average molecular weight is 344 g/mol. The predicted molar refractivity (Wildman–Crippen MR) is 93.0 cm³/mol. The van der Waals surface area contributed by atoms with E-state index in [-0.39, 0.29) is 5.82 Å². The molecule has 0 saturated carbocycles. The lowest BCUT2D eigenvalue weighted by Crippen LogP contribution is -2.36. The second kappa shape index (κ2) is 6.34. The Morgan fingerprint density at radius 1 is 1.04 bits per heavy atom. The van der Waals surface area contributed by atoms with Crippen molar-refractivity contribution >= 4 is 28.2 Å². The SMILES string of the molecule is Fc1cc(Cl)ccc1-c1ncnc2cc(N3CCOCC3)ccc12. The number of halogens is 2. The van der Waals surface area contributed by atoms with E-state index in [1.807, 2.05) is 18.2 Å². The minimum atomic E-state index is -0.389. The molecular weight excluding hydrogens is 329 g/mol. The second-order valence-electron chi connectivity index (χ2n) is 5.65. The lowest BCUT2D eigenvalue weighted by Gasteiger charge is -2.29. The van der Waals surface area contributed by atoms with E-state index in [0.717, 1.165) is 42.9 Å². The fourth-order valence-electron chi connectivity index (χ4n) is 2.96. The van der Waals surface area contributed by atoms with Crippen LogP contribution in [0.15, 0.2) is 42.7 Å². The summed E-state index contributed by atoms with van der Waals surface area (Å²) in [6.07, 6.45) is 1.47. The Bertz CT molecular complexity index is 897. The van der Waals surface area contributed by atoms with Crippen LogP contribution in [-0.2, 0) is 4.74 Å². The standard InChI is InChI=1S/C18H15ClFN3O/c19-12-1-3-14(16(20)9-12)18-15-4-2-13(10-17(15)21-11-22-18)23-5-7-24-8-6-23/h1-4,9-11H,5-8H2. The van der Waals surface area contributed by atoms with Gasteiger partial charge in [0.2, 0.25) is 0 Å². The number of benzene rings is 2. The summed E-state index contributed by atoms with van der Waals surface area (Å²) in [5.74, 6) is -0.389. The summed E-state index contributed by atoms with van der Waals surface area (Å²) in [7, 11) is 0. The maximum absolute atomic E-state index is 14.3. The van der Waals surface area contributed by atoms with Crippen LogP contribution in [0.4, 0.5) is 10.1 Å². The Labute approximate surface area is 143 Å². The highest BCUT2D eigenvalue weighted by molar-refractivity contribution is 6.30. The minimum Gasteiger partial charge on any atom is -0.378 e. The van der Waals surface area contributed by atoms with Gasteiger partial charge in [0.25, 0.3) is 0 Å². The van der Waals surface area contributed by atoms with Crippen LogP contribution in [0, 0.1) is 5.82 Å². The quantitative estimate of drug-likeness (QED) is 0.706. The topological polar surface area (TPSA) is 38.2 Å². The molecule has 1 saturated heterocycles. The minimum absolute atomic E-state index is 0.365. The Balaban J connectivity index is 1.80. The third-order valence-corrected chi connectivity index (χ3v) is 4.42. The maximum atomic E-state index is 14.3. The summed E-state index contributed by atoms with van der Waals surface area (Å²) < 4.78 is 19.7. The highest BCUT2D eigenvalue weighted by Crippen LogP contribution is 2.31. The van der Waals surface area contributed by atoms with Gasteiger partial charge < -0.3 is 9.64 Å². The van der Waals surface area contributed by atoms with E-state index in [9.17, 15) is 4.39 Å². The molecule has 1 aliphatic heterocycles. The third-order valence-electron chi connectivity index (χ3n) is 4.18. The Morgan fingerprint density at radius 3 is 2.67 bits per heavy atom. The molecule has 0 N–H and O–H groups in total. The van der Waals surface area contributed by atoms with Gasteiger partial charge in [-0.2, -0.15) is 0 Å². The van der Waals surface area contributed by atoms with Gasteiger partial charge in [-0.3, -0.25) is 0 Å². The molecule has 0 atom stereocenters. The zero-order valence-electron chi connectivity index (χ0n) is 12.9. The fourth-order valence-corrected chi connectivity index (χ4v) is 3.12. The van der Waals surface area contributed by atoms with E-state index in [1.54, 1.807) is 12.1 Å². The maximum Gasteiger partial charge on any atom is 0.134 e. The van der Waals surface area contributed by atoms with Crippen LogP contribution in [0.5, 0.6) is 0 Å². The molecule has 3 aromatic rings. The molecule has 1 fully saturated rings. The third kappa shape index (κ3) is 2.81. The van der Waals surface area contributed by atoms with Crippen LogP contribution < -0.4 is 4.90 Å². The van der Waals surface area contributed by atoms with Crippen molar-refractivity contribution in [3.63, 3.8) is 0 Å². The number of aromatic nitrogens is 2. The van der Waals surface area contributed by atoms with E-state index in [4.69, 9.17) is 16.3 Å². The molecule has 0 spiro atoms. The highest BCUT2D eigenvalue weighted by Gasteiger charge is 2.15. The van der Waals surface area contributed by atoms with Crippen molar-refractivity contribution in [3.8, 4) is 11.3 Å². The molecule has 6 heteroatoms. The van der Waals surface area contributed by atoms with Gasteiger partial charge in [0.1, 0.15) is 12.1 Å². The van der Waals surface area contributed by atoms with Crippen molar-refractivity contribution in [2.24, 2.45) is 0 Å². The molecule has 0 amide bonds. The molecule has 1 aromatic heterocycles. The molecule has 4 rings (SSSR count). The number of nitrogens with zero attached hydrogens (tertiary/aromatic N) is 3. The molecule has 0 radical (unpaired) electrons. The first kappa shape index (κ1) is 15.3. The van der Waals surface area contributed by atoms with Crippen molar-refractivity contribution < 1.29 is 9.13 Å². The summed E-state index contributed by atoms with van der Waals surface area (Å²) in [5.41, 5.74) is 2.87. The average Bonchev–Trinajstić information content (AvgIpc) is 2.62. The second-order valence-corrected chi connectivity index (χ2v) is 6.08. The fraction of sp³-hybridized carbons (Fsp3) is 0.222. The zero-order valence-corrected chi connectivity index (χ0v) is 13.6. The molecule has 0 aliphatic carbocycles. The predicted octanol–water partition coefficient (Wildman–Crippen LogP) is 3.93. The molecular formula is C18H15ClFN3O. The van der Waals surface area contributed by atoms with Crippen molar-refractivity contribution in [2.45, 2.75) is 0 Å². The number of morpholine rings is 1. The van der Waals surface area contributed by atoms with E-state index in [0.29, 0.717) is 16.3 Å². The van der Waals surface area contributed by atoms with E-state index >= 15 is 0 Å². The highest BCUT2D eigenvalue weighted by atomic mass is 35.5. The molecule has 0 unspecified atom stereocenters. The number of ether oxygens (including phenoxy) is 1. The molecule has 4 nitrogen and oxygen atoms in total. The van der Waals surface area contributed by atoms with Crippen LogP contribution in [0.25, 0.3) is 22.2 Å². The molecule has 1 aliphatic rings. The number of hydrogen-bond acceptors (Lipinski definition) is 4. The van der Waals surface area contributed by atoms with Crippen LogP contribution in [0.2, 0.25) is 5.02 Å². The Kier molecular flexibility index (Phi) is 4.04. The van der Waals surface area contributed by atoms with Gasteiger partial charge in [-0.15, -0.1) is 0 Å². The molecule has 122 valence electrons. The number of hydrogen-bond donors (Lipinski definition) is 0. The summed E-state index contributed by atoms with van der Waals surface area (Å²) in [4.78, 5) is 10.9. The van der Waals surface area contributed by atoms with Crippen LogP contribution >= 0.6 is 11.6 Å². The molecule has 2 aromatic carbocycles. The molecule has 0 bridgehead atoms. The van der Waals surface area contributed by atoms with Crippen LogP contribution in [0.1, 0.15) is 0 Å². The van der Waals surface area contributed by atoms with E-state index in [1.165, 1.54) is 12.4 Å². The van der Waals surface area contributed by atoms with Gasteiger partial charge in [0.15, 0.2) is 0 Å². The zero-order chi connectivity index (χ0) is 16.5. The first-order chi connectivity index (χ1) is 11.7. The summed E-state index contributed by atoms with van der Waals surface area (Å²) in [5, 5.41) is 1.18. The van der Waals surface area contributed by atoms with E-state index < -0.39 is 0 Å². The summed E-state index contributed by atoms with van der Waals surface area (Å²) in [6, 6.07) is 10.6. The van der Waals surface area contributed by atoms with Crippen LogP contribution in [0.3, 0.4) is 0 Å².